The second kappa shape index (κ2) is 6.47. The molecule has 5 nitrogen and oxygen atoms in total. The Labute approximate surface area is 107 Å². The van der Waals surface area contributed by atoms with Gasteiger partial charge < -0.3 is 10.4 Å². The van der Waals surface area contributed by atoms with E-state index >= 15 is 0 Å². The molecule has 0 spiro atoms. The second-order valence-corrected chi connectivity index (χ2v) is 4.77. The maximum atomic E-state index is 11.0. The van der Waals surface area contributed by atoms with Gasteiger partial charge in [-0.25, -0.2) is 0 Å². The van der Waals surface area contributed by atoms with E-state index in [2.05, 4.69) is 5.32 Å². The summed E-state index contributed by atoms with van der Waals surface area (Å²) in [5.74, 6) is 0.128. The minimum Gasteiger partial charge on any atom is -0.395 e. The van der Waals surface area contributed by atoms with Crippen molar-refractivity contribution in [3.05, 3.63) is 39.4 Å². The van der Waals surface area contributed by atoms with E-state index in [1.54, 1.807) is 6.07 Å². The molecule has 0 fully saturated rings. The third kappa shape index (κ3) is 3.78. The smallest absolute Gasteiger partial charge is 0.273 e. The summed E-state index contributed by atoms with van der Waals surface area (Å²) in [4.78, 5) is 10.7. The Hall–Kier alpha value is -1.46. The van der Waals surface area contributed by atoms with Gasteiger partial charge in [0, 0.05) is 24.2 Å². The number of nitrogens with zero attached hydrogens (tertiary/aromatic N) is 1. The highest BCUT2D eigenvalue weighted by Crippen LogP contribution is 2.27. The van der Waals surface area contributed by atoms with Crippen molar-refractivity contribution in [3.63, 3.8) is 0 Å². The molecule has 5 heteroatoms. The van der Waals surface area contributed by atoms with E-state index in [9.17, 15) is 10.1 Å². The van der Waals surface area contributed by atoms with E-state index in [4.69, 9.17) is 5.11 Å². The van der Waals surface area contributed by atoms with Crippen LogP contribution in [0.5, 0.6) is 0 Å². The molecule has 1 aromatic rings. The zero-order valence-electron chi connectivity index (χ0n) is 11.0. The molecule has 2 N–H and O–H groups in total. The summed E-state index contributed by atoms with van der Waals surface area (Å²) in [5.41, 5.74) is 1.77. The molecule has 0 amide bonds. The van der Waals surface area contributed by atoms with Crippen LogP contribution in [0.2, 0.25) is 0 Å². The Morgan fingerprint density at radius 2 is 2.06 bits per heavy atom. The lowest BCUT2D eigenvalue weighted by Crippen LogP contribution is -2.28. The molecule has 0 aromatic heterocycles. The van der Waals surface area contributed by atoms with E-state index in [-0.39, 0.29) is 29.2 Å². The molecule has 0 unspecified atom stereocenters. The van der Waals surface area contributed by atoms with E-state index < -0.39 is 0 Å². The lowest BCUT2D eigenvalue weighted by atomic mass is 9.99. The Kier molecular flexibility index (Phi) is 5.25. The van der Waals surface area contributed by atoms with Crippen LogP contribution in [0.15, 0.2) is 18.2 Å². The highest BCUT2D eigenvalue weighted by atomic mass is 16.6. The summed E-state index contributed by atoms with van der Waals surface area (Å²) in [6, 6.07) is 5.28. The summed E-state index contributed by atoms with van der Waals surface area (Å²) in [6.45, 7) is 6.30. The highest BCUT2D eigenvalue weighted by molar-refractivity contribution is 5.45. The molecule has 0 radical (unpaired) electrons. The van der Waals surface area contributed by atoms with E-state index in [1.165, 1.54) is 0 Å². The summed E-state index contributed by atoms with van der Waals surface area (Å²) in [7, 11) is 0. The quantitative estimate of drug-likeness (QED) is 0.601. The fourth-order valence-electron chi connectivity index (χ4n) is 1.70. The first-order valence-corrected chi connectivity index (χ1v) is 6.07. The van der Waals surface area contributed by atoms with Gasteiger partial charge in [-0.3, -0.25) is 10.1 Å². The van der Waals surface area contributed by atoms with Gasteiger partial charge in [-0.05, 0) is 18.4 Å². The van der Waals surface area contributed by atoms with Crippen molar-refractivity contribution in [2.75, 3.05) is 6.61 Å². The van der Waals surface area contributed by atoms with Crippen LogP contribution < -0.4 is 5.32 Å². The molecule has 0 saturated carbocycles. The number of nitro benzene ring substituents is 1. The minimum atomic E-state index is -0.339. The van der Waals surface area contributed by atoms with Gasteiger partial charge >= 0.3 is 0 Å². The number of nitrogens with one attached hydrogen (secondary N) is 1. The molecule has 0 aliphatic heterocycles. The molecule has 0 heterocycles. The topological polar surface area (TPSA) is 75.4 Å². The predicted molar refractivity (Wildman–Crippen MR) is 70.6 cm³/mol. The fourth-order valence-corrected chi connectivity index (χ4v) is 1.70. The monoisotopic (exact) mass is 252 g/mol. The second-order valence-electron chi connectivity index (χ2n) is 4.77. The molecule has 0 saturated heterocycles. The maximum Gasteiger partial charge on any atom is 0.273 e. The third-order valence-corrected chi connectivity index (χ3v) is 2.84. The normalized spacial score (nSPS) is 12.7. The van der Waals surface area contributed by atoms with Crippen molar-refractivity contribution in [1.29, 1.82) is 0 Å². The van der Waals surface area contributed by atoms with Crippen molar-refractivity contribution in [1.82, 2.24) is 5.32 Å². The highest BCUT2D eigenvalue weighted by Gasteiger charge is 2.16. The Morgan fingerprint density at radius 1 is 1.39 bits per heavy atom. The lowest BCUT2D eigenvalue weighted by Gasteiger charge is -2.12. The van der Waals surface area contributed by atoms with Gasteiger partial charge in [-0.1, -0.05) is 26.0 Å². The minimum absolute atomic E-state index is 0.0196. The molecule has 1 atom stereocenters. The first kappa shape index (κ1) is 14.6. The van der Waals surface area contributed by atoms with Crippen LogP contribution in [0.4, 0.5) is 5.69 Å². The maximum absolute atomic E-state index is 11.0. The number of aliphatic hydroxyl groups is 1. The molecular formula is C13H20N2O3. The first-order chi connectivity index (χ1) is 8.45. The van der Waals surface area contributed by atoms with Gasteiger partial charge in [0.25, 0.3) is 5.69 Å². The van der Waals surface area contributed by atoms with Gasteiger partial charge in [-0.15, -0.1) is 0 Å². The Balaban J connectivity index is 2.90. The standard InChI is InChI=1S/C13H20N2O3/c1-9(2)12-5-4-11(6-13(12)15(17)18)7-14-10(3)8-16/h4-6,9-10,14,16H,7-8H2,1-3H3/t10-/m1/s1. The van der Waals surface area contributed by atoms with Crippen LogP contribution in [0.1, 0.15) is 37.8 Å². The van der Waals surface area contributed by atoms with E-state index in [1.807, 2.05) is 32.9 Å². The number of hydrogen-bond acceptors (Lipinski definition) is 4. The summed E-state index contributed by atoms with van der Waals surface area (Å²) >= 11 is 0. The zero-order valence-corrected chi connectivity index (χ0v) is 11.0. The van der Waals surface area contributed by atoms with E-state index in [0.29, 0.717) is 6.54 Å². The van der Waals surface area contributed by atoms with Crippen LogP contribution in [-0.4, -0.2) is 22.7 Å². The molecule has 1 rings (SSSR count). The molecule has 0 bridgehead atoms. The average molecular weight is 252 g/mol. The molecule has 0 aliphatic rings. The molecule has 100 valence electrons. The number of benzene rings is 1. The van der Waals surface area contributed by atoms with Crippen LogP contribution >= 0.6 is 0 Å². The number of nitro groups is 1. The Bertz CT molecular complexity index is 419. The van der Waals surface area contributed by atoms with Crippen molar-refractivity contribution in [2.24, 2.45) is 0 Å². The van der Waals surface area contributed by atoms with Crippen molar-refractivity contribution in [3.8, 4) is 0 Å². The predicted octanol–water partition coefficient (Wildman–Crippen LogP) is 2.19. The average Bonchev–Trinajstić information content (AvgIpc) is 2.35. The van der Waals surface area contributed by atoms with Crippen LogP contribution in [0, 0.1) is 10.1 Å². The Morgan fingerprint density at radius 3 is 2.56 bits per heavy atom. The molecule has 1 aromatic carbocycles. The lowest BCUT2D eigenvalue weighted by molar-refractivity contribution is -0.385. The van der Waals surface area contributed by atoms with E-state index in [0.717, 1.165) is 11.1 Å². The number of rotatable bonds is 6. The summed E-state index contributed by atoms with van der Waals surface area (Å²) in [5, 5.41) is 23.0. The number of hydrogen-bond donors (Lipinski definition) is 2. The number of aliphatic hydroxyl groups excluding tert-OH is 1. The van der Waals surface area contributed by atoms with Crippen LogP contribution in [0.3, 0.4) is 0 Å². The molecule has 18 heavy (non-hydrogen) atoms. The van der Waals surface area contributed by atoms with Gasteiger partial charge in [0.1, 0.15) is 0 Å². The summed E-state index contributed by atoms with van der Waals surface area (Å²) in [6.07, 6.45) is 0. The van der Waals surface area contributed by atoms with Crippen LogP contribution in [-0.2, 0) is 6.54 Å². The van der Waals surface area contributed by atoms with Crippen molar-refractivity contribution >= 4 is 5.69 Å². The van der Waals surface area contributed by atoms with Crippen LogP contribution in [0.25, 0.3) is 0 Å². The molecular weight excluding hydrogens is 232 g/mol. The first-order valence-electron chi connectivity index (χ1n) is 6.07. The molecule has 0 aliphatic carbocycles. The SMILES string of the molecule is CC(C)c1ccc(CN[C@H](C)CO)cc1[N+](=O)[O-]. The third-order valence-electron chi connectivity index (χ3n) is 2.84. The van der Waals surface area contributed by atoms with Gasteiger partial charge in [0.2, 0.25) is 0 Å². The van der Waals surface area contributed by atoms with Gasteiger partial charge in [-0.2, -0.15) is 0 Å². The fraction of sp³-hybridized carbons (Fsp3) is 0.538. The van der Waals surface area contributed by atoms with Crippen molar-refractivity contribution in [2.45, 2.75) is 39.3 Å². The van der Waals surface area contributed by atoms with Gasteiger partial charge in [0.15, 0.2) is 0 Å². The largest absolute Gasteiger partial charge is 0.395 e. The van der Waals surface area contributed by atoms with Gasteiger partial charge in [0.05, 0.1) is 11.5 Å². The van der Waals surface area contributed by atoms with Crippen molar-refractivity contribution < 1.29 is 10.0 Å². The zero-order chi connectivity index (χ0) is 13.7. The summed E-state index contributed by atoms with van der Waals surface area (Å²) < 4.78 is 0.